The molecule has 0 saturated heterocycles. The third-order valence-corrected chi connectivity index (χ3v) is 2.94. The second-order valence-electron chi connectivity index (χ2n) is 4.33. The van der Waals surface area contributed by atoms with E-state index in [4.69, 9.17) is 0 Å². The second kappa shape index (κ2) is 5.96. The zero-order valence-corrected chi connectivity index (χ0v) is 10.9. The summed E-state index contributed by atoms with van der Waals surface area (Å²) in [6, 6.07) is 0. The SMILES string of the molecule is CCNC(=O)C(C)(C)CNCc1cscn1. The predicted octanol–water partition coefficient (Wildman–Crippen LogP) is 1.39. The van der Waals surface area contributed by atoms with Gasteiger partial charge in [-0.2, -0.15) is 0 Å². The predicted molar refractivity (Wildman–Crippen MR) is 66.3 cm³/mol. The summed E-state index contributed by atoms with van der Waals surface area (Å²) in [5.41, 5.74) is 2.45. The molecule has 0 aromatic carbocycles. The van der Waals surface area contributed by atoms with E-state index in [1.165, 1.54) is 0 Å². The summed E-state index contributed by atoms with van der Waals surface area (Å²) < 4.78 is 0. The van der Waals surface area contributed by atoms with Crippen molar-refractivity contribution in [2.24, 2.45) is 5.41 Å². The molecule has 4 nitrogen and oxygen atoms in total. The minimum Gasteiger partial charge on any atom is -0.356 e. The van der Waals surface area contributed by atoms with Gasteiger partial charge in [0.25, 0.3) is 0 Å². The summed E-state index contributed by atoms with van der Waals surface area (Å²) in [7, 11) is 0. The minimum absolute atomic E-state index is 0.0841. The number of carbonyl (C=O) groups is 1. The van der Waals surface area contributed by atoms with E-state index in [0.29, 0.717) is 19.6 Å². The average molecular weight is 241 g/mol. The van der Waals surface area contributed by atoms with Gasteiger partial charge in [-0.05, 0) is 20.8 Å². The molecule has 1 rings (SSSR count). The Labute approximate surface area is 100 Å². The van der Waals surface area contributed by atoms with Gasteiger partial charge in [-0.3, -0.25) is 4.79 Å². The smallest absolute Gasteiger partial charge is 0.226 e. The summed E-state index contributed by atoms with van der Waals surface area (Å²) in [5, 5.41) is 8.09. The molecule has 0 radical (unpaired) electrons. The monoisotopic (exact) mass is 241 g/mol. The van der Waals surface area contributed by atoms with E-state index in [1.54, 1.807) is 11.3 Å². The lowest BCUT2D eigenvalue weighted by molar-refractivity contribution is -0.129. The van der Waals surface area contributed by atoms with Crippen LogP contribution in [0.2, 0.25) is 0 Å². The highest BCUT2D eigenvalue weighted by molar-refractivity contribution is 7.07. The molecule has 1 amide bonds. The maximum Gasteiger partial charge on any atom is 0.226 e. The Bertz CT molecular complexity index is 322. The van der Waals surface area contributed by atoms with Crippen LogP contribution in [0.25, 0.3) is 0 Å². The molecule has 0 fully saturated rings. The topological polar surface area (TPSA) is 54.0 Å². The zero-order chi connectivity index (χ0) is 12.0. The summed E-state index contributed by atoms with van der Waals surface area (Å²) in [6.45, 7) is 7.84. The van der Waals surface area contributed by atoms with E-state index >= 15 is 0 Å². The number of hydrogen-bond acceptors (Lipinski definition) is 4. The molecule has 0 aliphatic rings. The van der Waals surface area contributed by atoms with Crippen molar-refractivity contribution >= 4 is 17.2 Å². The van der Waals surface area contributed by atoms with Gasteiger partial charge in [0.1, 0.15) is 0 Å². The number of carbonyl (C=O) groups excluding carboxylic acids is 1. The number of nitrogens with zero attached hydrogens (tertiary/aromatic N) is 1. The largest absolute Gasteiger partial charge is 0.356 e. The molecule has 90 valence electrons. The van der Waals surface area contributed by atoms with Crippen molar-refractivity contribution < 1.29 is 4.79 Å². The fourth-order valence-electron chi connectivity index (χ4n) is 1.31. The fraction of sp³-hybridized carbons (Fsp3) is 0.636. The van der Waals surface area contributed by atoms with Crippen molar-refractivity contribution in [2.75, 3.05) is 13.1 Å². The molecule has 0 bridgehead atoms. The van der Waals surface area contributed by atoms with Crippen molar-refractivity contribution in [1.29, 1.82) is 0 Å². The molecule has 0 atom stereocenters. The first-order chi connectivity index (χ1) is 7.56. The molecule has 1 heterocycles. The van der Waals surface area contributed by atoms with Gasteiger partial charge in [-0.15, -0.1) is 11.3 Å². The van der Waals surface area contributed by atoms with Gasteiger partial charge in [-0.25, -0.2) is 4.98 Å². The molecule has 0 aliphatic carbocycles. The zero-order valence-electron chi connectivity index (χ0n) is 10.0. The highest BCUT2D eigenvalue weighted by atomic mass is 32.1. The minimum atomic E-state index is -0.383. The Kier molecular flexibility index (Phi) is 4.89. The number of thiazole rings is 1. The van der Waals surface area contributed by atoms with E-state index in [2.05, 4.69) is 15.6 Å². The van der Waals surface area contributed by atoms with Crippen molar-refractivity contribution in [3.05, 3.63) is 16.6 Å². The van der Waals surface area contributed by atoms with Crippen LogP contribution in [0.1, 0.15) is 26.5 Å². The van der Waals surface area contributed by atoms with E-state index < -0.39 is 0 Å². The van der Waals surface area contributed by atoms with E-state index in [0.717, 1.165) is 5.69 Å². The van der Waals surface area contributed by atoms with Crippen LogP contribution in [0.5, 0.6) is 0 Å². The van der Waals surface area contributed by atoms with Crippen LogP contribution in [0.3, 0.4) is 0 Å². The van der Waals surface area contributed by atoms with Crippen molar-refractivity contribution in [1.82, 2.24) is 15.6 Å². The maximum absolute atomic E-state index is 11.7. The number of hydrogen-bond donors (Lipinski definition) is 2. The number of nitrogens with one attached hydrogen (secondary N) is 2. The van der Waals surface area contributed by atoms with Crippen LogP contribution in [-0.4, -0.2) is 24.0 Å². The van der Waals surface area contributed by atoms with Gasteiger partial charge < -0.3 is 10.6 Å². The first-order valence-corrected chi connectivity index (χ1v) is 6.36. The second-order valence-corrected chi connectivity index (χ2v) is 5.05. The Morgan fingerprint density at radius 3 is 2.88 bits per heavy atom. The van der Waals surface area contributed by atoms with Crippen molar-refractivity contribution in [2.45, 2.75) is 27.3 Å². The molecule has 2 N–H and O–H groups in total. The van der Waals surface area contributed by atoms with Gasteiger partial charge in [0.15, 0.2) is 0 Å². The molecule has 0 spiro atoms. The van der Waals surface area contributed by atoms with E-state index in [-0.39, 0.29) is 11.3 Å². The van der Waals surface area contributed by atoms with Crippen LogP contribution in [-0.2, 0) is 11.3 Å². The van der Waals surface area contributed by atoms with Crippen LogP contribution >= 0.6 is 11.3 Å². The third-order valence-electron chi connectivity index (χ3n) is 2.31. The molecule has 0 unspecified atom stereocenters. The van der Waals surface area contributed by atoms with E-state index in [1.807, 2.05) is 31.7 Å². The lowest BCUT2D eigenvalue weighted by Gasteiger charge is -2.23. The van der Waals surface area contributed by atoms with Crippen molar-refractivity contribution in [3.63, 3.8) is 0 Å². The molecule has 0 saturated carbocycles. The normalized spacial score (nSPS) is 11.4. The molecular weight excluding hydrogens is 222 g/mol. The molecule has 5 heteroatoms. The quantitative estimate of drug-likeness (QED) is 0.791. The van der Waals surface area contributed by atoms with Gasteiger partial charge >= 0.3 is 0 Å². The molecule has 1 aromatic rings. The molecule has 0 aliphatic heterocycles. The molecule has 16 heavy (non-hydrogen) atoms. The van der Waals surface area contributed by atoms with Crippen LogP contribution in [0.4, 0.5) is 0 Å². The van der Waals surface area contributed by atoms with Crippen LogP contribution in [0.15, 0.2) is 10.9 Å². The molecular formula is C11H19N3OS. The Morgan fingerprint density at radius 2 is 2.31 bits per heavy atom. The Morgan fingerprint density at radius 1 is 1.56 bits per heavy atom. The number of aromatic nitrogens is 1. The van der Waals surface area contributed by atoms with Gasteiger partial charge in [0.2, 0.25) is 5.91 Å². The fourth-order valence-corrected chi connectivity index (χ4v) is 1.87. The molecule has 1 aromatic heterocycles. The number of rotatable bonds is 6. The van der Waals surface area contributed by atoms with Crippen molar-refractivity contribution in [3.8, 4) is 0 Å². The lowest BCUT2D eigenvalue weighted by atomic mass is 9.92. The standard InChI is InChI=1S/C11H19N3OS/c1-4-13-10(15)11(2,3)7-12-5-9-6-16-8-14-9/h6,8,12H,4-5,7H2,1-3H3,(H,13,15). The van der Waals surface area contributed by atoms with E-state index in [9.17, 15) is 4.79 Å². The first-order valence-electron chi connectivity index (χ1n) is 5.42. The van der Waals surface area contributed by atoms with Gasteiger partial charge in [0, 0.05) is 25.0 Å². The average Bonchev–Trinajstić information content (AvgIpc) is 2.70. The first kappa shape index (κ1) is 13.1. The summed E-state index contributed by atoms with van der Waals surface area (Å²) in [5.74, 6) is 0.0841. The lowest BCUT2D eigenvalue weighted by Crippen LogP contribution is -2.43. The highest BCUT2D eigenvalue weighted by Crippen LogP contribution is 2.13. The van der Waals surface area contributed by atoms with Crippen LogP contribution in [0, 0.1) is 5.41 Å². The maximum atomic E-state index is 11.7. The van der Waals surface area contributed by atoms with Gasteiger partial charge in [0.05, 0.1) is 16.6 Å². The van der Waals surface area contributed by atoms with Gasteiger partial charge in [-0.1, -0.05) is 0 Å². The summed E-state index contributed by atoms with van der Waals surface area (Å²) in [4.78, 5) is 15.9. The Hall–Kier alpha value is -0.940. The summed E-state index contributed by atoms with van der Waals surface area (Å²) in [6.07, 6.45) is 0. The Balaban J connectivity index is 2.33. The number of amides is 1. The highest BCUT2D eigenvalue weighted by Gasteiger charge is 2.26. The van der Waals surface area contributed by atoms with Crippen LogP contribution < -0.4 is 10.6 Å². The third kappa shape index (κ3) is 3.90. The summed E-state index contributed by atoms with van der Waals surface area (Å²) >= 11 is 1.58.